The van der Waals surface area contributed by atoms with Gasteiger partial charge in [0.25, 0.3) is 5.56 Å². The van der Waals surface area contributed by atoms with E-state index in [9.17, 15) is 9.59 Å². The number of fused-ring (bicyclic) bond motifs is 1. The van der Waals surface area contributed by atoms with Crippen LogP contribution in [0.5, 0.6) is 17.2 Å². The summed E-state index contributed by atoms with van der Waals surface area (Å²) in [5, 5.41) is 0.354. The number of rotatable bonds is 8. The summed E-state index contributed by atoms with van der Waals surface area (Å²) in [4.78, 5) is 32.2. The molecule has 2 heterocycles. The summed E-state index contributed by atoms with van der Waals surface area (Å²) in [5.41, 5.74) is 1.92. The SMILES string of the molecule is CCOc1ccc([C@H]2C(C(=O)OC(C)C)=C(C)N=c3s/c(=C/c4cc(Cl)c(OC)c(OC)c4)c(=O)n32)cc1. The highest BCUT2D eigenvalue weighted by Crippen LogP contribution is 2.36. The van der Waals surface area contributed by atoms with Crippen LogP contribution < -0.4 is 29.1 Å². The average molecular weight is 557 g/mol. The van der Waals surface area contributed by atoms with Gasteiger partial charge in [0.2, 0.25) is 0 Å². The Bertz CT molecular complexity index is 1570. The first kappa shape index (κ1) is 27.5. The van der Waals surface area contributed by atoms with Gasteiger partial charge >= 0.3 is 5.97 Å². The molecule has 38 heavy (non-hydrogen) atoms. The topological polar surface area (TPSA) is 88.4 Å². The minimum Gasteiger partial charge on any atom is -0.494 e. The van der Waals surface area contributed by atoms with Crippen LogP contribution in [0.4, 0.5) is 0 Å². The largest absolute Gasteiger partial charge is 0.494 e. The summed E-state index contributed by atoms with van der Waals surface area (Å²) in [6.07, 6.45) is 1.39. The van der Waals surface area contributed by atoms with Gasteiger partial charge in [-0.05, 0) is 69.2 Å². The fraction of sp³-hybridized carbons (Fsp3) is 0.321. The van der Waals surface area contributed by atoms with Crippen molar-refractivity contribution in [3.63, 3.8) is 0 Å². The van der Waals surface area contributed by atoms with Crippen LogP contribution in [0.15, 0.2) is 57.5 Å². The standard InChI is InChI=1S/C28H29ClN2O6S/c1-7-36-19-10-8-18(9-11-19)24-23(27(33)37-15(2)3)16(4)30-28-31(24)26(32)22(38-28)14-17-12-20(29)25(35-6)21(13-17)34-5/h8-15,24H,7H2,1-6H3/b22-14+/t24-/m0/s1. The van der Waals surface area contributed by atoms with Crippen molar-refractivity contribution < 1.29 is 23.7 Å². The predicted octanol–water partition coefficient (Wildman–Crippen LogP) is 4.26. The number of allylic oxidation sites excluding steroid dienone is 1. The highest BCUT2D eigenvalue weighted by atomic mass is 35.5. The van der Waals surface area contributed by atoms with Crippen molar-refractivity contribution in [1.82, 2.24) is 4.57 Å². The monoisotopic (exact) mass is 556 g/mol. The molecule has 1 aromatic heterocycles. The third kappa shape index (κ3) is 5.35. The van der Waals surface area contributed by atoms with Gasteiger partial charge in [0, 0.05) is 0 Å². The second-order valence-corrected chi connectivity index (χ2v) is 10.2. The number of carbonyl (C=O) groups excluding carboxylic acids is 1. The van der Waals surface area contributed by atoms with Crippen molar-refractivity contribution in [3.8, 4) is 17.2 Å². The van der Waals surface area contributed by atoms with E-state index >= 15 is 0 Å². The first-order valence-electron chi connectivity index (χ1n) is 12.1. The maximum Gasteiger partial charge on any atom is 0.338 e. The highest BCUT2D eigenvalue weighted by Gasteiger charge is 2.33. The van der Waals surface area contributed by atoms with E-state index in [1.807, 2.05) is 31.2 Å². The molecule has 0 unspecified atom stereocenters. The number of hydrogen-bond acceptors (Lipinski definition) is 8. The van der Waals surface area contributed by atoms with Crippen molar-refractivity contribution >= 4 is 35.0 Å². The average Bonchev–Trinajstić information content (AvgIpc) is 3.17. The molecule has 1 atom stereocenters. The molecule has 0 saturated heterocycles. The maximum absolute atomic E-state index is 13.8. The lowest BCUT2D eigenvalue weighted by atomic mass is 9.96. The van der Waals surface area contributed by atoms with Gasteiger partial charge in [-0.1, -0.05) is 35.1 Å². The van der Waals surface area contributed by atoms with Crippen LogP contribution in [0.1, 0.15) is 44.9 Å². The molecule has 1 aliphatic rings. The lowest BCUT2D eigenvalue weighted by Crippen LogP contribution is -2.40. The van der Waals surface area contributed by atoms with Crippen molar-refractivity contribution in [2.24, 2.45) is 4.99 Å². The molecule has 4 rings (SSSR count). The van der Waals surface area contributed by atoms with Crippen molar-refractivity contribution in [2.45, 2.75) is 39.8 Å². The van der Waals surface area contributed by atoms with Gasteiger partial charge in [0.15, 0.2) is 16.3 Å². The Kier molecular flexibility index (Phi) is 8.28. The van der Waals surface area contributed by atoms with Gasteiger partial charge < -0.3 is 18.9 Å². The molecular formula is C28H29ClN2O6S. The molecule has 0 spiro atoms. The van der Waals surface area contributed by atoms with Crippen molar-refractivity contribution in [2.75, 3.05) is 20.8 Å². The van der Waals surface area contributed by atoms with E-state index < -0.39 is 12.0 Å². The zero-order chi connectivity index (χ0) is 27.6. The fourth-order valence-corrected chi connectivity index (χ4v) is 5.60. The summed E-state index contributed by atoms with van der Waals surface area (Å²) >= 11 is 7.61. The van der Waals surface area contributed by atoms with Gasteiger partial charge in [0.05, 0.1) is 53.8 Å². The zero-order valence-corrected chi connectivity index (χ0v) is 23.6. The molecule has 0 N–H and O–H groups in total. The van der Waals surface area contributed by atoms with Crippen LogP contribution in [0.3, 0.4) is 0 Å². The summed E-state index contributed by atoms with van der Waals surface area (Å²) in [5.74, 6) is 1.04. The number of ether oxygens (including phenoxy) is 4. The van der Waals surface area contributed by atoms with E-state index in [1.54, 1.807) is 43.5 Å². The summed E-state index contributed by atoms with van der Waals surface area (Å²) in [6, 6.07) is 10.1. The number of esters is 1. The number of methoxy groups -OCH3 is 2. The summed E-state index contributed by atoms with van der Waals surface area (Å²) in [7, 11) is 3.02. The molecule has 200 valence electrons. The van der Waals surface area contributed by atoms with Crippen LogP contribution >= 0.6 is 22.9 Å². The fourth-order valence-electron chi connectivity index (χ4n) is 4.26. The van der Waals surface area contributed by atoms with Gasteiger partial charge in [-0.25, -0.2) is 9.79 Å². The van der Waals surface area contributed by atoms with E-state index in [4.69, 9.17) is 30.5 Å². The molecule has 0 bridgehead atoms. The van der Waals surface area contributed by atoms with Gasteiger partial charge in [-0.2, -0.15) is 0 Å². The van der Waals surface area contributed by atoms with Crippen molar-refractivity contribution in [3.05, 3.63) is 83.5 Å². The van der Waals surface area contributed by atoms with Gasteiger partial charge in [0.1, 0.15) is 5.75 Å². The lowest BCUT2D eigenvalue weighted by molar-refractivity contribution is -0.143. The smallest absolute Gasteiger partial charge is 0.338 e. The Hall–Kier alpha value is -3.56. The quantitative estimate of drug-likeness (QED) is 0.385. The second kappa shape index (κ2) is 11.4. The number of hydrogen-bond donors (Lipinski definition) is 0. The number of carbonyl (C=O) groups is 1. The Balaban J connectivity index is 1.91. The summed E-state index contributed by atoms with van der Waals surface area (Å²) in [6.45, 7) is 7.75. The molecule has 0 radical (unpaired) electrons. The first-order chi connectivity index (χ1) is 18.2. The third-order valence-corrected chi connectivity index (χ3v) is 7.11. The van der Waals surface area contributed by atoms with E-state index in [-0.39, 0.29) is 11.7 Å². The van der Waals surface area contributed by atoms with E-state index in [0.717, 1.165) is 5.56 Å². The molecule has 2 aromatic carbocycles. The molecule has 0 amide bonds. The van der Waals surface area contributed by atoms with Crippen LogP contribution in [0.25, 0.3) is 6.08 Å². The molecular weight excluding hydrogens is 528 g/mol. The van der Waals surface area contributed by atoms with Crippen molar-refractivity contribution in [1.29, 1.82) is 0 Å². The number of halogens is 1. The third-order valence-electron chi connectivity index (χ3n) is 5.84. The molecule has 1 aliphatic heterocycles. The lowest BCUT2D eigenvalue weighted by Gasteiger charge is -2.25. The molecule has 3 aromatic rings. The van der Waals surface area contributed by atoms with Crippen LogP contribution in [-0.4, -0.2) is 37.5 Å². The first-order valence-corrected chi connectivity index (χ1v) is 13.3. The van der Waals surface area contributed by atoms with Gasteiger partial charge in [-0.3, -0.25) is 9.36 Å². The molecule has 0 fully saturated rings. The Morgan fingerprint density at radius 3 is 2.50 bits per heavy atom. The van der Waals surface area contributed by atoms with Crippen LogP contribution in [-0.2, 0) is 9.53 Å². The van der Waals surface area contributed by atoms with E-state index in [1.165, 1.54) is 25.6 Å². The Morgan fingerprint density at radius 1 is 1.18 bits per heavy atom. The summed E-state index contributed by atoms with van der Waals surface area (Å²) < 4.78 is 23.8. The van der Waals surface area contributed by atoms with Crippen LogP contribution in [0, 0.1) is 0 Å². The minimum absolute atomic E-state index is 0.291. The molecule has 0 saturated carbocycles. The van der Waals surface area contributed by atoms with Gasteiger partial charge in [-0.15, -0.1) is 0 Å². The minimum atomic E-state index is -0.718. The number of thiazole rings is 1. The van der Waals surface area contributed by atoms with Crippen LogP contribution in [0.2, 0.25) is 5.02 Å². The molecule has 0 aliphatic carbocycles. The predicted molar refractivity (Wildman–Crippen MR) is 147 cm³/mol. The normalized spacial score (nSPS) is 15.3. The highest BCUT2D eigenvalue weighted by molar-refractivity contribution is 7.07. The number of aromatic nitrogens is 1. The molecule has 10 heteroatoms. The molecule has 8 nitrogen and oxygen atoms in total. The van der Waals surface area contributed by atoms with E-state index in [2.05, 4.69) is 4.99 Å². The maximum atomic E-state index is 13.8. The Morgan fingerprint density at radius 2 is 1.89 bits per heavy atom. The van der Waals surface area contributed by atoms with E-state index in [0.29, 0.717) is 55.0 Å². The number of benzene rings is 2. The second-order valence-electron chi connectivity index (χ2n) is 8.78. The Labute approximate surface area is 229 Å². The zero-order valence-electron chi connectivity index (χ0n) is 22.0. The number of nitrogens with zero attached hydrogens (tertiary/aromatic N) is 2.